The van der Waals surface area contributed by atoms with Crippen molar-refractivity contribution in [1.29, 1.82) is 0 Å². The lowest BCUT2D eigenvalue weighted by molar-refractivity contribution is -0.116. The van der Waals surface area contributed by atoms with Crippen LogP contribution in [0.2, 0.25) is 0 Å². The number of aliphatic hydroxyl groups is 1. The molecule has 0 aliphatic carbocycles. The van der Waals surface area contributed by atoms with Crippen molar-refractivity contribution in [3.63, 3.8) is 0 Å². The monoisotopic (exact) mass is 299 g/mol. The largest absolute Gasteiger partial charge is 0.395 e. The second-order valence-corrected chi connectivity index (χ2v) is 5.12. The average molecular weight is 299 g/mol. The first-order valence-corrected chi connectivity index (χ1v) is 7.33. The van der Waals surface area contributed by atoms with Crippen LogP contribution in [0.5, 0.6) is 0 Å². The van der Waals surface area contributed by atoms with E-state index in [1.165, 1.54) is 5.56 Å². The molecule has 2 aromatic rings. The molecule has 0 aliphatic rings. The van der Waals surface area contributed by atoms with Crippen LogP contribution >= 0.6 is 0 Å². The number of aryl methyl sites for hydroxylation is 2. The van der Waals surface area contributed by atoms with Crippen LogP contribution in [0.3, 0.4) is 0 Å². The molecule has 1 amide bonds. The fourth-order valence-corrected chi connectivity index (χ4v) is 1.99. The van der Waals surface area contributed by atoms with Crippen LogP contribution in [0.15, 0.2) is 42.6 Å². The third kappa shape index (κ3) is 5.18. The fraction of sp³-hybridized carbons (Fsp3) is 0.294. The van der Waals surface area contributed by atoms with Crippen molar-refractivity contribution in [3.05, 3.63) is 53.7 Å². The molecule has 0 saturated heterocycles. The Balaban J connectivity index is 1.80. The van der Waals surface area contributed by atoms with Gasteiger partial charge in [-0.3, -0.25) is 4.79 Å². The van der Waals surface area contributed by atoms with Crippen molar-refractivity contribution in [2.45, 2.75) is 19.8 Å². The van der Waals surface area contributed by atoms with E-state index in [1.54, 1.807) is 18.3 Å². The maximum absolute atomic E-state index is 11.9. The Bertz CT molecular complexity index is 594. The molecule has 0 atom stereocenters. The number of aliphatic hydroxyl groups excluding tert-OH is 1. The molecule has 0 spiro atoms. The Morgan fingerprint density at radius 2 is 1.95 bits per heavy atom. The van der Waals surface area contributed by atoms with E-state index in [1.807, 2.05) is 19.1 Å². The standard InChI is InChI=1S/C17H21N3O2/c1-13-2-4-14(5-3-13)6-9-17(22)20-15-7-8-16(19-12-15)18-10-11-21/h2-5,7-8,12,21H,6,9-11H2,1H3,(H,18,19)(H,20,22). The molecule has 116 valence electrons. The molecule has 0 unspecified atom stereocenters. The first kappa shape index (κ1) is 16.0. The highest BCUT2D eigenvalue weighted by Gasteiger charge is 2.04. The first-order valence-electron chi connectivity index (χ1n) is 7.33. The van der Waals surface area contributed by atoms with Crippen LogP contribution in [0.1, 0.15) is 17.5 Å². The van der Waals surface area contributed by atoms with Gasteiger partial charge in [0.15, 0.2) is 0 Å². The lowest BCUT2D eigenvalue weighted by Crippen LogP contribution is -2.13. The number of rotatable bonds is 7. The second-order valence-electron chi connectivity index (χ2n) is 5.12. The summed E-state index contributed by atoms with van der Waals surface area (Å²) in [6.45, 7) is 2.55. The molecule has 2 rings (SSSR count). The van der Waals surface area contributed by atoms with Crippen LogP contribution in [-0.4, -0.2) is 29.1 Å². The highest BCUT2D eigenvalue weighted by molar-refractivity contribution is 5.90. The minimum atomic E-state index is -0.0292. The Morgan fingerprint density at radius 3 is 2.59 bits per heavy atom. The molecule has 5 nitrogen and oxygen atoms in total. The minimum absolute atomic E-state index is 0.0292. The van der Waals surface area contributed by atoms with Crippen molar-refractivity contribution in [2.24, 2.45) is 0 Å². The van der Waals surface area contributed by atoms with E-state index >= 15 is 0 Å². The molecule has 0 bridgehead atoms. The molecular weight excluding hydrogens is 278 g/mol. The SMILES string of the molecule is Cc1ccc(CCC(=O)Nc2ccc(NCCO)nc2)cc1. The van der Waals surface area contributed by atoms with Crippen molar-refractivity contribution < 1.29 is 9.90 Å². The van der Waals surface area contributed by atoms with Gasteiger partial charge in [-0.1, -0.05) is 29.8 Å². The topological polar surface area (TPSA) is 74.2 Å². The molecule has 3 N–H and O–H groups in total. The molecular formula is C17H21N3O2. The number of carbonyl (C=O) groups excluding carboxylic acids is 1. The number of carbonyl (C=O) groups is 1. The highest BCUT2D eigenvalue weighted by Crippen LogP contribution is 2.11. The summed E-state index contributed by atoms with van der Waals surface area (Å²) in [7, 11) is 0. The summed E-state index contributed by atoms with van der Waals surface area (Å²) >= 11 is 0. The summed E-state index contributed by atoms with van der Waals surface area (Å²) in [5, 5.41) is 14.5. The number of hydrogen-bond acceptors (Lipinski definition) is 4. The van der Waals surface area contributed by atoms with Gasteiger partial charge >= 0.3 is 0 Å². The zero-order valence-corrected chi connectivity index (χ0v) is 12.7. The predicted octanol–water partition coefficient (Wildman–Crippen LogP) is 2.37. The molecule has 0 aliphatic heterocycles. The van der Waals surface area contributed by atoms with Gasteiger partial charge in [-0.05, 0) is 31.0 Å². The summed E-state index contributed by atoms with van der Waals surface area (Å²) in [4.78, 5) is 16.1. The van der Waals surface area contributed by atoms with Gasteiger partial charge in [0.25, 0.3) is 0 Å². The summed E-state index contributed by atoms with van der Waals surface area (Å²) < 4.78 is 0. The van der Waals surface area contributed by atoms with Gasteiger partial charge in [0, 0.05) is 13.0 Å². The average Bonchev–Trinajstić information content (AvgIpc) is 2.54. The van der Waals surface area contributed by atoms with Gasteiger partial charge in [-0.2, -0.15) is 0 Å². The second kappa shape index (κ2) is 8.14. The van der Waals surface area contributed by atoms with Crippen LogP contribution in [0, 0.1) is 6.92 Å². The van der Waals surface area contributed by atoms with Crippen LogP contribution in [-0.2, 0) is 11.2 Å². The molecule has 1 aromatic heterocycles. The Labute approximate surface area is 130 Å². The van der Waals surface area contributed by atoms with Gasteiger partial charge in [-0.25, -0.2) is 4.98 Å². The number of nitrogens with zero attached hydrogens (tertiary/aromatic N) is 1. The number of pyridine rings is 1. The molecule has 1 aromatic carbocycles. The number of anilines is 2. The third-order valence-corrected chi connectivity index (χ3v) is 3.23. The van der Waals surface area contributed by atoms with E-state index in [9.17, 15) is 4.79 Å². The van der Waals surface area contributed by atoms with E-state index in [0.29, 0.717) is 24.5 Å². The maximum Gasteiger partial charge on any atom is 0.224 e. The maximum atomic E-state index is 11.9. The molecule has 0 saturated carbocycles. The van der Waals surface area contributed by atoms with Crippen molar-refractivity contribution in [3.8, 4) is 0 Å². The summed E-state index contributed by atoms with van der Waals surface area (Å²) in [5.41, 5.74) is 3.04. The number of hydrogen-bond donors (Lipinski definition) is 3. The Morgan fingerprint density at radius 1 is 1.18 bits per heavy atom. The first-order chi connectivity index (χ1) is 10.7. The fourth-order valence-electron chi connectivity index (χ4n) is 1.99. The van der Waals surface area contributed by atoms with E-state index < -0.39 is 0 Å². The normalized spacial score (nSPS) is 10.3. The van der Waals surface area contributed by atoms with Gasteiger partial charge in [-0.15, -0.1) is 0 Å². The minimum Gasteiger partial charge on any atom is -0.395 e. The summed E-state index contributed by atoms with van der Waals surface area (Å²) in [6, 6.07) is 11.8. The quantitative estimate of drug-likeness (QED) is 0.734. The zero-order chi connectivity index (χ0) is 15.8. The van der Waals surface area contributed by atoms with Crippen molar-refractivity contribution in [1.82, 2.24) is 4.98 Å². The number of aromatic nitrogens is 1. The van der Waals surface area contributed by atoms with E-state index in [0.717, 1.165) is 12.0 Å². The Hall–Kier alpha value is -2.40. The summed E-state index contributed by atoms with van der Waals surface area (Å²) in [5.74, 6) is 0.644. The van der Waals surface area contributed by atoms with Gasteiger partial charge in [0.1, 0.15) is 5.82 Å². The number of amides is 1. The van der Waals surface area contributed by atoms with Crippen molar-refractivity contribution in [2.75, 3.05) is 23.8 Å². The van der Waals surface area contributed by atoms with Crippen LogP contribution < -0.4 is 10.6 Å². The van der Waals surface area contributed by atoms with Gasteiger partial charge in [0.05, 0.1) is 18.5 Å². The lowest BCUT2D eigenvalue weighted by Gasteiger charge is -2.07. The smallest absolute Gasteiger partial charge is 0.224 e. The zero-order valence-electron chi connectivity index (χ0n) is 12.7. The number of nitrogens with one attached hydrogen (secondary N) is 2. The molecule has 0 fully saturated rings. The molecule has 0 radical (unpaired) electrons. The number of benzene rings is 1. The molecule has 22 heavy (non-hydrogen) atoms. The molecule has 5 heteroatoms. The molecule has 1 heterocycles. The predicted molar refractivity (Wildman–Crippen MR) is 87.9 cm³/mol. The highest BCUT2D eigenvalue weighted by atomic mass is 16.3. The lowest BCUT2D eigenvalue weighted by atomic mass is 10.1. The van der Waals surface area contributed by atoms with Gasteiger partial charge in [0.2, 0.25) is 5.91 Å². The van der Waals surface area contributed by atoms with Crippen molar-refractivity contribution >= 4 is 17.4 Å². The van der Waals surface area contributed by atoms with E-state index in [2.05, 4.69) is 27.8 Å². The van der Waals surface area contributed by atoms with Gasteiger partial charge < -0.3 is 15.7 Å². The Kier molecular flexibility index (Phi) is 5.91. The van der Waals surface area contributed by atoms with Crippen LogP contribution in [0.4, 0.5) is 11.5 Å². The summed E-state index contributed by atoms with van der Waals surface area (Å²) in [6.07, 6.45) is 2.76. The van der Waals surface area contributed by atoms with E-state index in [4.69, 9.17) is 5.11 Å². The van der Waals surface area contributed by atoms with Crippen LogP contribution in [0.25, 0.3) is 0 Å². The van der Waals surface area contributed by atoms with E-state index in [-0.39, 0.29) is 12.5 Å². The third-order valence-electron chi connectivity index (χ3n) is 3.23.